The van der Waals surface area contributed by atoms with Gasteiger partial charge < -0.3 is 10.0 Å². The van der Waals surface area contributed by atoms with E-state index in [0.717, 1.165) is 0 Å². The van der Waals surface area contributed by atoms with E-state index in [2.05, 4.69) is 6.58 Å². The number of halogens is 1. The predicted molar refractivity (Wildman–Crippen MR) is 75.9 cm³/mol. The molecule has 18 heavy (non-hydrogen) atoms. The summed E-state index contributed by atoms with van der Waals surface area (Å²) in [6, 6.07) is 9.86. The van der Waals surface area contributed by atoms with Crippen LogP contribution in [0.25, 0.3) is 0 Å². The normalized spacial score (nSPS) is 11.4. The van der Waals surface area contributed by atoms with Crippen molar-refractivity contribution in [2.75, 3.05) is 14.1 Å². The number of alkyl halides is 1. The molecule has 0 aliphatic heterocycles. The second-order valence-electron chi connectivity index (χ2n) is 4.09. The molecule has 0 radical (unpaired) electrons. The Morgan fingerprint density at radius 1 is 1.39 bits per heavy atom. The van der Waals surface area contributed by atoms with Crippen molar-refractivity contribution in [3.8, 4) is 0 Å². The molecule has 0 aliphatic carbocycles. The van der Waals surface area contributed by atoms with E-state index in [0.29, 0.717) is 5.88 Å². The van der Waals surface area contributed by atoms with Crippen molar-refractivity contribution >= 4 is 17.6 Å². The molecule has 0 spiro atoms. The number of likely N-dealkylation sites (N-methyl/N-ethyl adjacent to an activating group) is 1. The highest BCUT2D eigenvalue weighted by atomic mass is 35.5. The molecule has 1 aromatic carbocycles. The zero-order valence-corrected chi connectivity index (χ0v) is 11.8. The maximum absolute atomic E-state index is 10.3. The summed E-state index contributed by atoms with van der Waals surface area (Å²) in [5, 5.41) is 8.48. The maximum atomic E-state index is 10.3. The Bertz CT molecular complexity index is 377. The zero-order chi connectivity index (χ0) is 14.1. The molecule has 1 rings (SSSR count). The number of benzene rings is 1. The van der Waals surface area contributed by atoms with Crippen molar-refractivity contribution in [2.24, 2.45) is 0 Å². The lowest BCUT2D eigenvalue weighted by Gasteiger charge is -2.18. The molecule has 100 valence electrons. The highest BCUT2D eigenvalue weighted by Crippen LogP contribution is 2.03. The Balaban J connectivity index is 0.000000327. The van der Waals surface area contributed by atoms with Gasteiger partial charge in [-0.15, -0.1) is 11.6 Å². The SMILES string of the molecule is C=C(C(=O)O)C(C)N(C)C.ClCc1ccccc1. The van der Waals surface area contributed by atoms with E-state index in [1.165, 1.54) is 5.56 Å². The van der Waals surface area contributed by atoms with Crippen LogP contribution < -0.4 is 0 Å². The highest BCUT2D eigenvalue weighted by Gasteiger charge is 2.14. The molecular weight excluding hydrogens is 250 g/mol. The second-order valence-corrected chi connectivity index (χ2v) is 4.36. The second kappa shape index (κ2) is 8.72. The summed E-state index contributed by atoms with van der Waals surface area (Å²) in [5.41, 5.74) is 1.40. The molecule has 0 aromatic heterocycles. The summed E-state index contributed by atoms with van der Waals surface area (Å²) in [7, 11) is 3.64. The fraction of sp³-hybridized carbons (Fsp3) is 0.357. The minimum Gasteiger partial charge on any atom is -0.478 e. The molecule has 1 N–H and O–H groups in total. The topological polar surface area (TPSA) is 40.5 Å². The third kappa shape index (κ3) is 6.42. The van der Waals surface area contributed by atoms with E-state index < -0.39 is 5.97 Å². The average Bonchev–Trinajstić information content (AvgIpc) is 2.38. The van der Waals surface area contributed by atoms with Crippen LogP contribution in [0.1, 0.15) is 12.5 Å². The van der Waals surface area contributed by atoms with Crippen molar-refractivity contribution in [1.82, 2.24) is 4.90 Å². The first-order valence-corrected chi connectivity index (χ1v) is 6.12. The molecule has 0 bridgehead atoms. The van der Waals surface area contributed by atoms with E-state index in [1.807, 2.05) is 44.4 Å². The number of nitrogens with zero attached hydrogens (tertiary/aromatic N) is 1. The van der Waals surface area contributed by atoms with Gasteiger partial charge in [-0.1, -0.05) is 36.9 Å². The summed E-state index contributed by atoms with van der Waals surface area (Å²) >= 11 is 5.53. The van der Waals surface area contributed by atoms with Crippen LogP contribution in [0, 0.1) is 0 Å². The Kier molecular flexibility index (Phi) is 8.08. The van der Waals surface area contributed by atoms with Crippen LogP contribution >= 0.6 is 11.6 Å². The summed E-state index contributed by atoms with van der Waals surface area (Å²) in [6.45, 7) is 5.24. The fourth-order valence-electron chi connectivity index (χ4n) is 1.06. The molecule has 0 saturated heterocycles. The molecular formula is C14H20ClNO2. The summed E-state index contributed by atoms with van der Waals surface area (Å²) in [4.78, 5) is 12.1. The molecule has 4 heteroatoms. The van der Waals surface area contributed by atoms with Crippen molar-refractivity contribution in [3.63, 3.8) is 0 Å². The van der Waals surface area contributed by atoms with Gasteiger partial charge in [-0.3, -0.25) is 0 Å². The minimum absolute atomic E-state index is 0.0995. The van der Waals surface area contributed by atoms with E-state index in [4.69, 9.17) is 16.7 Å². The van der Waals surface area contributed by atoms with Gasteiger partial charge in [-0.2, -0.15) is 0 Å². The molecule has 1 atom stereocenters. The van der Waals surface area contributed by atoms with Gasteiger partial charge in [-0.25, -0.2) is 4.79 Å². The van der Waals surface area contributed by atoms with Gasteiger partial charge in [0.05, 0.1) is 0 Å². The van der Waals surface area contributed by atoms with Crippen molar-refractivity contribution in [1.29, 1.82) is 0 Å². The Labute approximate surface area is 114 Å². The van der Waals surface area contributed by atoms with Gasteiger partial charge >= 0.3 is 5.97 Å². The molecule has 0 aliphatic rings. The zero-order valence-electron chi connectivity index (χ0n) is 11.1. The number of hydrogen-bond donors (Lipinski definition) is 1. The van der Waals surface area contributed by atoms with E-state index in [9.17, 15) is 4.79 Å². The van der Waals surface area contributed by atoms with Crippen LogP contribution in [-0.2, 0) is 10.7 Å². The maximum Gasteiger partial charge on any atom is 0.332 e. The molecule has 1 aromatic rings. The number of carboxylic acids is 1. The van der Waals surface area contributed by atoms with Crippen LogP contribution in [0.15, 0.2) is 42.5 Å². The molecule has 1 unspecified atom stereocenters. The average molecular weight is 270 g/mol. The van der Waals surface area contributed by atoms with Gasteiger partial charge in [0.15, 0.2) is 0 Å². The molecule has 3 nitrogen and oxygen atoms in total. The third-order valence-electron chi connectivity index (χ3n) is 2.55. The minimum atomic E-state index is -0.929. The third-order valence-corrected chi connectivity index (χ3v) is 2.86. The van der Waals surface area contributed by atoms with Crippen LogP contribution in [0.5, 0.6) is 0 Å². The quantitative estimate of drug-likeness (QED) is 0.675. The number of aliphatic carboxylic acids is 1. The van der Waals surface area contributed by atoms with E-state index >= 15 is 0 Å². The number of carboxylic acid groups (broad SMARTS) is 1. The lowest BCUT2D eigenvalue weighted by Crippen LogP contribution is -2.29. The van der Waals surface area contributed by atoms with Crippen molar-refractivity contribution in [3.05, 3.63) is 48.0 Å². The monoisotopic (exact) mass is 269 g/mol. The lowest BCUT2D eigenvalue weighted by molar-refractivity contribution is -0.133. The van der Waals surface area contributed by atoms with Crippen LogP contribution in [0.4, 0.5) is 0 Å². The highest BCUT2D eigenvalue weighted by molar-refractivity contribution is 6.17. The molecule has 0 amide bonds. The molecule has 0 saturated carbocycles. The Morgan fingerprint density at radius 3 is 2.11 bits per heavy atom. The largest absolute Gasteiger partial charge is 0.478 e. The van der Waals surface area contributed by atoms with Crippen LogP contribution in [0.3, 0.4) is 0 Å². The van der Waals surface area contributed by atoms with Gasteiger partial charge in [0.1, 0.15) is 0 Å². The van der Waals surface area contributed by atoms with Crippen molar-refractivity contribution in [2.45, 2.75) is 18.8 Å². The smallest absolute Gasteiger partial charge is 0.332 e. The first kappa shape index (κ1) is 16.7. The van der Waals surface area contributed by atoms with Crippen molar-refractivity contribution < 1.29 is 9.90 Å². The van der Waals surface area contributed by atoms with E-state index in [-0.39, 0.29) is 11.6 Å². The first-order valence-electron chi connectivity index (χ1n) is 5.58. The predicted octanol–water partition coefficient (Wildman–Crippen LogP) is 3.00. The Hall–Kier alpha value is -1.32. The van der Waals surface area contributed by atoms with Gasteiger partial charge in [0, 0.05) is 17.5 Å². The Morgan fingerprint density at radius 2 is 1.89 bits per heavy atom. The lowest BCUT2D eigenvalue weighted by atomic mass is 10.1. The van der Waals surface area contributed by atoms with E-state index in [1.54, 1.807) is 11.8 Å². The summed E-state index contributed by atoms with van der Waals surface area (Å²) < 4.78 is 0. The van der Waals surface area contributed by atoms with Gasteiger partial charge in [0.25, 0.3) is 0 Å². The molecule has 0 heterocycles. The first-order chi connectivity index (χ1) is 8.40. The van der Waals surface area contributed by atoms with Crippen LogP contribution in [-0.4, -0.2) is 36.1 Å². The van der Waals surface area contributed by atoms with Gasteiger partial charge in [-0.05, 0) is 26.6 Å². The number of hydrogen-bond acceptors (Lipinski definition) is 2. The summed E-state index contributed by atoms with van der Waals surface area (Å²) in [5.74, 6) is -0.317. The number of rotatable bonds is 4. The van der Waals surface area contributed by atoms with Crippen LogP contribution in [0.2, 0.25) is 0 Å². The summed E-state index contributed by atoms with van der Waals surface area (Å²) in [6.07, 6.45) is 0. The van der Waals surface area contributed by atoms with Gasteiger partial charge in [0.2, 0.25) is 0 Å². The fourth-order valence-corrected chi connectivity index (χ4v) is 1.24. The molecule has 0 fully saturated rings. The number of carbonyl (C=O) groups is 1. The standard InChI is InChI=1S/C7H7Cl.C7H13NO2/c8-6-7-4-2-1-3-5-7;1-5(7(9)10)6(2)8(3)4/h1-5H,6H2;6H,1H2,2-4H3,(H,9,10).